The number of nitrogens with zero attached hydrogens (tertiary/aromatic N) is 3. The van der Waals surface area contributed by atoms with Crippen molar-refractivity contribution in [1.82, 2.24) is 10.2 Å². The molecule has 22 heavy (non-hydrogen) atoms. The van der Waals surface area contributed by atoms with Crippen molar-refractivity contribution in [3.05, 3.63) is 29.8 Å². The second kappa shape index (κ2) is 7.77. The first-order chi connectivity index (χ1) is 10.5. The summed E-state index contributed by atoms with van der Waals surface area (Å²) in [4.78, 5) is 10.2. The number of guanidine groups is 2. The number of benzene rings is 1. The third kappa shape index (κ3) is 5.34. The van der Waals surface area contributed by atoms with Crippen LogP contribution in [0.15, 0.2) is 34.3 Å². The van der Waals surface area contributed by atoms with Gasteiger partial charge in [-0.1, -0.05) is 12.1 Å². The van der Waals surface area contributed by atoms with E-state index in [0.717, 1.165) is 25.3 Å². The molecule has 0 bridgehead atoms. The molecule has 0 amide bonds. The molecular formula is C15H25N7. The Hall–Kier alpha value is -2.12. The molecule has 0 radical (unpaired) electrons. The van der Waals surface area contributed by atoms with Crippen molar-refractivity contribution < 1.29 is 0 Å². The fourth-order valence-corrected chi connectivity index (χ4v) is 2.45. The normalized spacial score (nSPS) is 17.4. The molecule has 1 fully saturated rings. The average Bonchev–Trinajstić information content (AvgIpc) is 2.47. The van der Waals surface area contributed by atoms with Crippen LogP contribution in [0.3, 0.4) is 0 Å². The second-order valence-electron chi connectivity index (χ2n) is 5.63. The van der Waals surface area contributed by atoms with Crippen LogP contribution in [-0.4, -0.2) is 43.0 Å². The highest BCUT2D eigenvalue weighted by Crippen LogP contribution is 2.14. The Bertz CT molecular complexity index is 523. The minimum atomic E-state index is -0.0970. The first kappa shape index (κ1) is 16.3. The zero-order chi connectivity index (χ0) is 15.9. The first-order valence-electron chi connectivity index (χ1n) is 7.47. The highest BCUT2D eigenvalue weighted by molar-refractivity contribution is 5.93. The summed E-state index contributed by atoms with van der Waals surface area (Å²) < 4.78 is 0. The Morgan fingerprint density at radius 2 is 1.82 bits per heavy atom. The molecule has 1 heterocycles. The van der Waals surface area contributed by atoms with Gasteiger partial charge in [-0.3, -0.25) is 0 Å². The van der Waals surface area contributed by atoms with Gasteiger partial charge in [0, 0.05) is 12.6 Å². The predicted molar refractivity (Wildman–Crippen MR) is 90.9 cm³/mol. The molecule has 1 aromatic rings. The molecule has 0 saturated carbocycles. The number of rotatable bonds is 4. The largest absolute Gasteiger partial charge is 0.370 e. The molecule has 1 aliphatic heterocycles. The van der Waals surface area contributed by atoms with Crippen molar-refractivity contribution in [2.45, 2.75) is 25.4 Å². The predicted octanol–water partition coefficient (Wildman–Crippen LogP) is 0.0900. The fourth-order valence-electron chi connectivity index (χ4n) is 2.45. The van der Waals surface area contributed by atoms with E-state index >= 15 is 0 Å². The van der Waals surface area contributed by atoms with Crippen LogP contribution in [0.1, 0.15) is 18.4 Å². The molecule has 0 spiro atoms. The van der Waals surface area contributed by atoms with Crippen molar-refractivity contribution >= 4 is 17.6 Å². The van der Waals surface area contributed by atoms with E-state index in [0.29, 0.717) is 6.04 Å². The smallest absolute Gasteiger partial charge is 0.223 e. The van der Waals surface area contributed by atoms with E-state index in [-0.39, 0.29) is 11.9 Å². The Balaban J connectivity index is 1.85. The number of nitrogens with one attached hydrogen (secondary N) is 1. The summed E-state index contributed by atoms with van der Waals surface area (Å²) in [5, 5.41) is 3.60. The Labute approximate surface area is 131 Å². The minimum absolute atomic E-state index is 0.0530. The van der Waals surface area contributed by atoms with Crippen molar-refractivity contribution in [1.29, 1.82) is 0 Å². The van der Waals surface area contributed by atoms with Gasteiger partial charge in [0.15, 0.2) is 5.96 Å². The first-order valence-corrected chi connectivity index (χ1v) is 7.47. The number of likely N-dealkylation sites (tertiary alicyclic amines) is 1. The van der Waals surface area contributed by atoms with Gasteiger partial charge in [-0.2, -0.15) is 4.99 Å². The summed E-state index contributed by atoms with van der Waals surface area (Å²) in [7, 11) is 2.17. The van der Waals surface area contributed by atoms with Crippen LogP contribution in [0.25, 0.3) is 0 Å². The van der Waals surface area contributed by atoms with Gasteiger partial charge < -0.3 is 27.4 Å². The molecular weight excluding hydrogens is 278 g/mol. The monoisotopic (exact) mass is 303 g/mol. The Morgan fingerprint density at radius 1 is 1.18 bits per heavy atom. The maximum atomic E-state index is 5.60. The topological polar surface area (TPSA) is 118 Å². The number of aliphatic imine (C=N–C) groups is 2. The molecule has 0 atom stereocenters. The summed E-state index contributed by atoms with van der Waals surface area (Å²) in [5.41, 5.74) is 18.0. The van der Waals surface area contributed by atoms with Gasteiger partial charge in [0.05, 0.1) is 5.69 Å². The molecule has 7 nitrogen and oxygen atoms in total. The van der Waals surface area contributed by atoms with E-state index in [1.807, 2.05) is 24.3 Å². The summed E-state index contributed by atoms with van der Waals surface area (Å²) >= 11 is 0. The van der Waals surface area contributed by atoms with Gasteiger partial charge in [-0.05, 0) is 50.7 Å². The lowest BCUT2D eigenvalue weighted by atomic mass is 10.1. The van der Waals surface area contributed by atoms with Crippen LogP contribution in [0.5, 0.6) is 0 Å². The molecule has 0 aliphatic carbocycles. The molecule has 1 aromatic carbocycles. The van der Waals surface area contributed by atoms with Crippen LogP contribution in [-0.2, 0) is 6.54 Å². The molecule has 2 rings (SSSR count). The van der Waals surface area contributed by atoms with E-state index in [1.54, 1.807) is 0 Å². The zero-order valence-corrected chi connectivity index (χ0v) is 13.0. The second-order valence-corrected chi connectivity index (χ2v) is 5.63. The molecule has 1 aliphatic rings. The van der Waals surface area contributed by atoms with Crippen LogP contribution in [0.2, 0.25) is 0 Å². The standard InChI is InChI=1S/C15H25N7/c1-22-8-6-12(7-9-22)19-10-11-2-4-13(5-3-11)20-15(18)21-14(16)17/h2-5,12,19H,6-10H2,1H3,(H6,16,17,18,20,21). The van der Waals surface area contributed by atoms with Crippen molar-refractivity contribution in [2.24, 2.45) is 27.2 Å². The molecule has 1 saturated heterocycles. The van der Waals surface area contributed by atoms with Gasteiger partial charge in [0.25, 0.3) is 0 Å². The lowest BCUT2D eigenvalue weighted by Crippen LogP contribution is -2.40. The summed E-state index contributed by atoms with van der Waals surface area (Å²) in [6.07, 6.45) is 2.40. The molecule has 0 aromatic heterocycles. The number of hydrogen-bond donors (Lipinski definition) is 4. The van der Waals surface area contributed by atoms with Gasteiger partial charge in [-0.25, -0.2) is 4.99 Å². The highest BCUT2D eigenvalue weighted by atomic mass is 15.1. The molecule has 7 heteroatoms. The van der Waals surface area contributed by atoms with Crippen molar-refractivity contribution in [2.75, 3.05) is 20.1 Å². The fraction of sp³-hybridized carbons (Fsp3) is 0.467. The van der Waals surface area contributed by atoms with Crippen LogP contribution < -0.4 is 22.5 Å². The van der Waals surface area contributed by atoms with Gasteiger partial charge in [0.1, 0.15) is 0 Å². The lowest BCUT2D eigenvalue weighted by Gasteiger charge is -2.29. The van der Waals surface area contributed by atoms with Crippen molar-refractivity contribution in [3.8, 4) is 0 Å². The third-order valence-corrected chi connectivity index (χ3v) is 3.74. The maximum absolute atomic E-state index is 5.60. The number of nitrogens with two attached hydrogens (primary N) is 3. The quantitative estimate of drug-likeness (QED) is 0.464. The van der Waals surface area contributed by atoms with E-state index in [4.69, 9.17) is 17.2 Å². The van der Waals surface area contributed by atoms with Gasteiger partial charge in [-0.15, -0.1) is 0 Å². The average molecular weight is 303 g/mol. The Morgan fingerprint density at radius 3 is 2.41 bits per heavy atom. The molecule has 7 N–H and O–H groups in total. The SMILES string of the molecule is CN1CCC(NCc2ccc(N=C(N)N=C(N)N)cc2)CC1. The van der Waals surface area contributed by atoms with E-state index in [2.05, 4.69) is 27.2 Å². The van der Waals surface area contributed by atoms with E-state index in [1.165, 1.54) is 18.4 Å². The van der Waals surface area contributed by atoms with E-state index < -0.39 is 0 Å². The van der Waals surface area contributed by atoms with E-state index in [9.17, 15) is 0 Å². The van der Waals surface area contributed by atoms with Crippen molar-refractivity contribution in [3.63, 3.8) is 0 Å². The summed E-state index contributed by atoms with van der Waals surface area (Å²) in [6, 6.07) is 8.47. The van der Waals surface area contributed by atoms with Gasteiger partial charge >= 0.3 is 0 Å². The zero-order valence-electron chi connectivity index (χ0n) is 13.0. The number of hydrogen-bond acceptors (Lipinski definition) is 3. The maximum Gasteiger partial charge on any atom is 0.223 e. The van der Waals surface area contributed by atoms with Crippen LogP contribution in [0.4, 0.5) is 5.69 Å². The lowest BCUT2D eigenvalue weighted by molar-refractivity contribution is 0.234. The third-order valence-electron chi connectivity index (χ3n) is 3.74. The number of piperidine rings is 1. The van der Waals surface area contributed by atoms with Crippen LogP contribution >= 0.6 is 0 Å². The summed E-state index contributed by atoms with van der Waals surface area (Å²) in [5.74, 6) is -0.0441. The molecule has 120 valence electrons. The summed E-state index contributed by atoms with van der Waals surface area (Å²) in [6.45, 7) is 3.19. The highest BCUT2D eigenvalue weighted by Gasteiger charge is 2.15. The van der Waals surface area contributed by atoms with Crippen LogP contribution in [0, 0.1) is 0 Å². The minimum Gasteiger partial charge on any atom is -0.370 e. The van der Waals surface area contributed by atoms with Gasteiger partial charge in [0.2, 0.25) is 5.96 Å². The molecule has 0 unspecified atom stereocenters. The Kier molecular flexibility index (Phi) is 5.74.